The first-order valence-corrected chi connectivity index (χ1v) is 17.8. The van der Waals surface area contributed by atoms with Crippen molar-refractivity contribution in [2.45, 2.75) is 114 Å². The summed E-state index contributed by atoms with van der Waals surface area (Å²) in [5, 5.41) is 0. The number of amidine groups is 1. The van der Waals surface area contributed by atoms with Gasteiger partial charge in [-0.2, -0.15) is 4.98 Å². The largest absolute Gasteiger partial charge is 0.490 e. The Morgan fingerprint density at radius 1 is 0.723 bits per heavy atom. The third-order valence-corrected chi connectivity index (χ3v) is 10.4. The van der Waals surface area contributed by atoms with Gasteiger partial charge >= 0.3 is 0 Å². The van der Waals surface area contributed by atoms with E-state index in [2.05, 4.69) is 63.1 Å². The monoisotopic (exact) mass is 640 g/mol. The van der Waals surface area contributed by atoms with Crippen molar-refractivity contribution in [3.05, 3.63) is 81.3 Å². The predicted octanol–water partition coefficient (Wildman–Crippen LogP) is 6.45. The average molecular weight is 641 g/mol. The third kappa shape index (κ3) is 7.77. The number of aliphatic imine (C=N–C) groups is 1. The molecule has 2 aliphatic heterocycles. The van der Waals surface area contributed by atoms with Gasteiger partial charge in [0.05, 0.1) is 13.1 Å². The van der Waals surface area contributed by atoms with E-state index in [4.69, 9.17) is 24.7 Å². The first-order chi connectivity index (χ1) is 23.1. The van der Waals surface area contributed by atoms with E-state index in [1.165, 1.54) is 75.3 Å². The molecule has 9 nitrogen and oxygen atoms in total. The number of hydrogen-bond donors (Lipinski definition) is 1. The van der Waals surface area contributed by atoms with Crippen LogP contribution < -0.4 is 25.5 Å². The van der Waals surface area contributed by atoms with Gasteiger partial charge in [0, 0.05) is 11.3 Å². The molecule has 2 N–H and O–H groups in total. The lowest BCUT2D eigenvalue weighted by atomic mass is 9.84. The molecule has 9 heteroatoms. The molecule has 0 radical (unpaired) electrons. The molecule has 0 saturated heterocycles. The molecular formula is C38H48N4O5. The van der Waals surface area contributed by atoms with Gasteiger partial charge in [-0.05, 0) is 92.2 Å². The Balaban J connectivity index is 0.000000157. The maximum Gasteiger partial charge on any atom is 0.300 e. The van der Waals surface area contributed by atoms with Crippen LogP contribution in [0.15, 0.2) is 58.3 Å². The highest BCUT2D eigenvalue weighted by atomic mass is 16.6. The van der Waals surface area contributed by atoms with E-state index in [0.29, 0.717) is 38.2 Å². The van der Waals surface area contributed by atoms with Crippen LogP contribution in [0.2, 0.25) is 0 Å². The van der Waals surface area contributed by atoms with Crippen molar-refractivity contribution in [1.82, 2.24) is 9.55 Å². The number of aromatic nitrogens is 2. The smallest absolute Gasteiger partial charge is 0.300 e. The van der Waals surface area contributed by atoms with Crippen molar-refractivity contribution < 1.29 is 18.9 Å². The molecule has 8 rings (SSSR count). The van der Waals surface area contributed by atoms with Gasteiger partial charge in [-0.1, -0.05) is 62.8 Å². The first kappa shape index (κ1) is 31.6. The number of hydrogen-bond acceptors (Lipinski definition) is 8. The third-order valence-electron chi connectivity index (χ3n) is 10.4. The van der Waals surface area contributed by atoms with Gasteiger partial charge < -0.3 is 24.7 Å². The van der Waals surface area contributed by atoms with Crippen LogP contribution in [0.3, 0.4) is 0 Å². The summed E-state index contributed by atoms with van der Waals surface area (Å²) in [7, 11) is 0. The fraction of sp³-hybridized carbons (Fsp3) is 0.553. The van der Waals surface area contributed by atoms with Crippen LogP contribution in [-0.2, 0) is 24.1 Å². The fourth-order valence-corrected chi connectivity index (χ4v) is 7.79. The van der Waals surface area contributed by atoms with Crippen LogP contribution in [0.5, 0.6) is 17.5 Å². The Labute approximate surface area is 277 Å². The molecule has 2 atom stereocenters. The lowest BCUT2D eigenvalue weighted by Crippen LogP contribution is -2.24. The fourth-order valence-electron chi connectivity index (χ4n) is 7.79. The summed E-state index contributed by atoms with van der Waals surface area (Å²) < 4.78 is 25.0. The topological polar surface area (TPSA) is 110 Å². The molecule has 3 heterocycles. The number of ether oxygens (including phenoxy) is 4. The van der Waals surface area contributed by atoms with Crippen molar-refractivity contribution >= 4 is 6.02 Å². The van der Waals surface area contributed by atoms with Crippen LogP contribution in [-0.4, -0.2) is 47.5 Å². The van der Waals surface area contributed by atoms with E-state index in [1.807, 2.05) is 0 Å². The number of rotatable bonds is 8. The van der Waals surface area contributed by atoms with Gasteiger partial charge in [-0.25, -0.2) is 4.99 Å². The Morgan fingerprint density at radius 2 is 1.30 bits per heavy atom. The Bertz CT molecular complexity index is 1570. The summed E-state index contributed by atoms with van der Waals surface area (Å²) in [6, 6.07) is 17.8. The van der Waals surface area contributed by atoms with Gasteiger partial charge in [0.2, 0.25) is 0 Å². The Morgan fingerprint density at radius 3 is 1.85 bits per heavy atom. The zero-order valence-electron chi connectivity index (χ0n) is 27.4. The molecule has 3 aliphatic carbocycles. The van der Waals surface area contributed by atoms with Gasteiger partial charge in [0.15, 0.2) is 12.2 Å². The molecule has 3 aromatic rings. The van der Waals surface area contributed by atoms with Gasteiger partial charge in [0.25, 0.3) is 17.6 Å². The molecule has 5 aliphatic rings. The molecule has 0 spiro atoms. The van der Waals surface area contributed by atoms with Crippen LogP contribution in [0.25, 0.3) is 0 Å². The predicted molar refractivity (Wildman–Crippen MR) is 182 cm³/mol. The average Bonchev–Trinajstić information content (AvgIpc) is 3.88. The molecule has 2 saturated carbocycles. The summed E-state index contributed by atoms with van der Waals surface area (Å²) in [6.45, 7) is 2.26. The molecule has 1 unspecified atom stereocenters. The van der Waals surface area contributed by atoms with Crippen molar-refractivity contribution in [2.75, 3.05) is 19.8 Å². The SMILES string of the molecule is NC1=NC[C@@H](COc2ccc(C3CCCCC3)cc2)O1.O=c1nc2n(c3c1CCC3)CC(COc1ccc(C3CCCCC3)cc1)O2. The summed E-state index contributed by atoms with van der Waals surface area (Å²) in [4.78, 5) is 20.2. The summed E-state index contributed by atoms with van der Waals surface area (Å²) in [5.41, 5.74) is 10.2. The van der Waals surface area contributed by atoms with Crippen molar-refractivity contribution in [2.24, 2.45) is 10.7 Å². The zero-order chi connectivity index (χ0) is 32.0. The molecule has 2 fully saturated rings. The second kappa shape index (κ2) is 14.8. The van der Waals surface area contributed by atoms with Crippen molar-refractivity contribution in [1.29, 1.82) is 0 Å². The summed E-state index contributed by atoms with van der Waals surface area (Å²) in [5.74, 6) is 3.22. The number of nitrogens with zero attached hydrogens (tertiary/aromatic N) is 3. The molecule has 0 bridgehead atoms. The standard InChI is InChI=1S/C22H26N2O3.C16H22N2O2/c25-21-19-7-4-8-20(19)24-13-18(27-22(24)23-21)14-26-17-11-9-16(10-12-17)15-5-2-1-3-6-15;17-16-18-10-15(20-16)11-19-14-8-6-13(7-9-14)12-4-2-1-3-5-12/h9-12,15,18H,1-8,13-14H2;6-9,12,15H,1-5,10-11H2,(H2,17,18)/t;15-/m.0/s1. The lowest BCUT2D eigenvalue weighted by Gasteiger charge is -2.22. The number of benzene rings is 2. The molecular weight excluding hydrogens is 592 g/mol. The van der Waals surface area contributed by atoms with Crippen molar-refractivity contribution in [3.8, 4) is 17.5 Å². The van der Waals surface area contributed by atoms with E-state index >= 15 is 0 Å². The van der Waals surface area contributed by atoms with E-state index < -0.39 is 0 Å². The van der Waals surface area contributed by atoms with Crippen LogP contribution >= 0.6 is 0 Å². The van der Waals surface area contributed by atoms with E-state index in [-0.39, 0.29) is 23.8 Å². The van der Waals surface area contributed by atoms with Crippen LogP contribution in [0.1, 0.15) is 105 Å². The minimum absolute atomic E-state index is 0.0481. The second-order valence-corrected chi connectivity index (χ2v) is 13.7. The summed E-state index contributed by atoms with van der Waals surface area (Å²) in [6.07, 6.45) is 16.2. The second-order valence-electron chi connectivity index (χ2n) is 13.7. The summed E-state index contributed by atoms with van der Waals surface area (Å²) >= 11 is 0. The highest BCUT2D eigenvalue weighted by Gasteiger charge is 2.30. The maximum absolute atomic E-state index is 12.1. The van der Waals surface area contributed by atoms with Crippen LogP contribution in [0.4, 0.5) is 0 Å². The Kier molecular flexibility index (Phi) is 9.96. The quantitative estimate of drug-likeness (QED) is 0.302. The van der Waals surface area contributed by atoms with Crippen LogP contribution in [0, 0.1) is 0 Å². The highest BCUT2D eigenvalue weighted by molar-refractivity contribution is 5.73. The van der Waals surface area contributed by atoms with E-state index in [1.54, 1.807) is 0 Å². The van der Waals surface area contributed by atoms with Gasteiger partial charge in [-0.15, -0.1) is 0 Å². The van der Waals surface area contributed by atoms with Gasteiger partial charge in [0.1, 0.15) is 24.7 Å². The first-order valence-electron chi connectivity index (χ1n) is 17.8. The van der Waals surface area contributed by atoms with Gasteiger partial charge in [-0.3, -0.25) is 9.36 Å². The van der Waals surface area contributed by atoms with Crippen molar-refractivity contribution in [3.63, 3.8) is 0 Å². The zero-order valence-corrected chi connectivity index (χ0v) is 27.4. The minimum Gasteiger partial charge on any atom is -0.490 e. The molecule has 2 aromatic carbocycles. The molecule has 0 amide bonds. The lowest BCUT2D eigenvalue weighted by molar-refractivity contribution is 0.141. The highest BCUT2D eigenvalue weighted by Crippen LogP contribution is 2.34. The number of fused-ring (bicyclic) bond motifs is 3. The molecule has 1 aromatic heterocycles. The number of nitrogens with two attached hydrogens (primary N) is 1. The normalized spacial score (nSPS) is 22.3. The maximum atomic E-state index is 12.1. The van der Waals surface area contributed by atoms with E-state index in [0.717, 1.165) is 47.9 Å². The van der Waals surface area contributed by atoms with E-state index in [9.17, 15) is 4.79 Å². The molecule has 250 valence electrons. The molecule has 47 heavy (non-hydrogen) atoms. The Hall–Kier alpha value is -4.01. The minimum atomic E-state index is -0.117.